The van der Waals surface area contributed by atoms with Crippen LogP contribution in [0.5, 0.6) is 0 Å². The van der Waals surface area contributed by atoms with Gasteiger partial charge in [0, 0.05) is 31.0 Å². The number of nitrogens with zero attached hydrogens (tertiary/aromatic N) is 2. The number of amides is 3. The van der Waals surface area contributed by atoms with Crippen LogP contribution in [0.15, 0.2) is 53.0 Å². The first-order valence-electron chi connectivity index (χ1n) is 8.20. The van der Waals surface area contributed by atoms with Gasteiger partial charge in [-0.3, -0.25) is 4.79 Å². The number of urea groups is 1. The predicted molar refractivity (Wildman–Crippen MR) is 103 cm³/mol. The van der Waals surface area contributed by atoms with Crippen LogP contribution in [0.2, 0.25) is 0 Å². The minimum absolute atomic E-state index is 0.102. The lowest BCUT2D eigenvalue weighted by molar-refractivity contribution is -0.117. The van der Waals surface area contributed by atoms with Gasteiger partial charge in [-0.05, 0) is 36.2 Å². The lowest BCUT2D eigenvalue weighted by atomic mass is 10.2. The number of para-hydroxylation sites is 2. The number of nitrogens with one attached hydrogen (secondary N) is 1. The van der Waals surface area contributed by atoms with Crippen molar-refractivity contribution in [2.24, 2.45) is 0 Å². The predicted octanol–water partition coefficient (Wildman–Crippen LogP) is 4.24. The molecule has 6 heteroatoms. The summed E-state index contributed by atoms with van der Waals surface area (Å²) in [6, 6.07) is 15.1. The summed E-state index contributed by atoms with van der Waals surface area (Å²) in [6.45, 7) is 1.20. The molecule has 0 radical (unpaired) electrons. The summed E-state index contributed by atoms with van der Waals surface area (Å²) >= 11 is 3.40. The van der Waals surface area contributed by atoms with Gasteiger partial charge in [0.2, 0.25) is 5.91 Å². The van der Waals surface area contributed by atoms with Gasteiger partial charge in [0.05, 0.1) is 11.4 Å². The molecule has 2 aromatic carbocycles. The van der Waals surface area contributed by atoms with Gasteiger partial charge in [0.25, 0.3) is 0 Å². The Balaban J connectivity index is 1.70. The molecule has 0 unspecified atom stereocenters. The summed E-state index contributed by atoms with van der Waals surface area (Å²) in [7, 11) is 1.75. The van der Waals surface area contributed by atoms with Gasteiger partial charge >= 0.3 is 6.03 Å². The van der Waals surface area contributed by atoms with Crippen molar-refractivity contribution in [2.75, 3.05) is 23.8 Å². The first-order chi connectivity index (χ1) is 12.0. The van der Waals surface area contributed by atoms with Crippen LogP contribution < -0.4 is 10.2 Å². The molecule has 1 fully saturated rings. The number of hydrogen-bond donors (Lipinski definition) is 1. The number of rotatable bonds is 4. The van der Waals surface area contributed by atoms with E-state index in [1.807, 2.05) is 48.5 Å². The van der Waals surface area contributed by atoms with Crippen LogP contribution in [-0.4, -0.2) is 30.4 Å². The molecule has 3 rings (SSSR count). The van der Waals surface area contributed by atoms with Gasteiger partial charge in [-0.1, -0.05) is 40.2 Å². The molecule has 130 valence electrons. The van der Waals surface area contributed by atoms with Gasteiger partial charge in [0.15, 0.2) is 0 Å². The summed E-state index contributed by atoms with van der Waals surface area (Å²) in [5.41, 5.74) is 2.46. The van der Waals surface area contributed by atoms with Gasteiger partial charge < -0.3 is 15.1 Å². The Kier molecular flexibility index (Phi) is 5.38. The summed E-state index contributed by atoms with van der Waals surface area (Å²) in [6.07, 6.45) is 1.41. The van der Waals surface area contributed by atoms with E-state index >= 15 is 0 Å². The van der Waals surface area contributed by atoms with Crippen LogP contribution in [0.1, 0.15) is 18.4 Å². The molecule has 1 N–H and O–H groups in total. The molecule has 0 aliphatic carbocycles. The normalized spacial score (nSPS) is 13.8. The van der Waals surface area contributed by atoms with E-state index in [1.165, 1.54) is 0 Å². The molecular formula is C19H20BrN3O2. The maximum atomic E-state index is 12.5. The zero-order valence-electron chi connectivity index (χ0n) is 14.0. The fourth-order valence-corrected chi connectivity index (χ4v) is 3.13. The van der Waals surface area contributed by atoms with Gasteiger partial charge in [-0.2, -0.15) is 0 Å². The number of hydrogen-bond acceptors (Lipinski definition) is 2. The molecule has 0 aromatic heterocycles. The van der Waals surface area contributed by atoms with Gasteiger partial charge in [-0.25, -0.2) is 4.79 Å². The second-order valence-corrected chi connectivity index (χ2v) is 6.99. The Labute approximate surface area is 155 Å². The van der Waals surface area contributed by atoms with E-state index in [2.05, 4.69) is 21.2 Å². The van der Waals surface area contributed by atoms with Crippen LogP contribution in [0.25, 0.3) is 0 Å². The quantitative estimate of drug-likeness (QED) is 0.832. The molecule has 1 aliphatic rings. The lowest BCUT2D eigenvalue weighted by Crippen LogP contribution is -2.32. The highest BCUT2D eigenvalue weighted by Crippen LogP contribution is 2.29. The number of halogens is 1. The Morgan fingerprint density at radius 3 is 2.60 bits per heavy atom. The van der Waals surface area contributed by atoms with Gasteiger partial charge in [-0.15, -0.1) is 0 Å². The van der Waals surface area contributed by atoms with Crippen molar-refractivity contribution >= 4 is 39.2 Å². The molecule has 1 heterocycles. The van der Waals surface area contributed by atoms with E-state index in [1.54, 1.807) is 16.8 Å². The van der Waals surface area contributed by atoms with E-state index in [9.17, 15) is 9.59 Å². The maximum Gasteiger partial charge on any atom is 0.321 e. The SMILES string of the molecule is CN(Cc1ccc(Br)cc1)C(=O)Nc1ccccc1N1CCCC1=O. The Bertz CT molecular complexity index is 776. The molecule has 0 bridgehead atoms. The minimum Gasteiger partial charge on any atom is -0.323 e. The molecule has 0 spiro atoms. The molecule has 1 aliphatic heterocycles. The highest BCUT2D eigenvalue weighted by molar-refractivity contribution is 9.10. The summed E-state index contributed by atoms with van der Waals surface area (Å²) < 4.78 is 1.01. The number of benzene rings is 2. The fraction of sp³-hybridized carbons (Fsp3) is 0.263. The largest absolute Gasteiger partial charge is 0.323 e. The lowest BCUT2D eigenvalue weighted by Gasteiger charge is -2.22. The van der Waals surface area contributed by atoms with Gasteiger partial charge in [0.1, 0.15) is 0 Å². The second-order valence-electron chi connectivity index (χ2n) is 6.08. The van der Waals surface area contributed by atoms with Crippen LogP contribution >= 0.6 is 15.9 Å². The van der Waals surface area contributed by atoms with Crippen molar-refractivity contribution < 1.29 is 9.59 Å². The number of carbonyl (C=O) groups is 2. The number of carbonyl (C=O) groups excluding carboxylic acids is 2. The van der Waals surface area contributed by atoms with Crippen molar-refractivity contribution in [3.63, 3.8) is 0 Å². The minimum atomic E-state index is -0.206. The Morgan fingerprint density at radius 2 is 1.92 bits per heavy atom. The molecule has 5 nitrogen and oxygen atoms in total. The Morgan fingerprint density at radius 1 is 1.20 bits per heavy atom. The summed E-state index contributed by atoms with van der Waals surface area (Å²) in [5.74, 6) is 0.102. The maximum absolute atomic E-state index is 12.5. The van der Waals surface area contributed by atoms with Crippen LogP contribution in [0, 0.1) is 0 Å². The second kappa shape index (κ2) is 7.70. The topological polar surface area (TPSA) is 52.7 Å². The van der Waals surface area contributed by atoms with Crippen LogP contribution in [0.3, 0.4) is 0 Å². The smallest absolute Gasteiger partial charge is 0.321 e. The third-order valence-electron chi connectivity index (χ3n) is 4.19. The molecule has 25 heavy (non-hydrogen) atoms. The first kappa shape index (κ1) is 17.5. The standard InChI is InChI=1S/C19H20BrN3O2/c1-22(13-14-8-10-15(20)11-9-14)19(25)21-16-5-2-3-6-17(16)23-12-4-7-18(23)24/h2-3,5-6,8-11H,4,7,12-13H2,1H3,(H,21,25). The van der Waals surface area contributed by atoms with Crippen LogP contribution in [0.4, 0.5) is 16.2 Å². The highest BCUT2D eigenvalue weighted by atomic mass is 79.9. The Hall–Kier alpha value is -2.34. The van der Waals surface area contributed by atoms with Crippen molar-refractivity contribution in [3.05, 3.63) is 58.6 Å². The van der Waals surface area contributed by atoms with E-state index in [0.29, 0.717) is 25.2 Å². The third kappa shape index (κ3) is 4.20. The highest BCUT2D eigenvalue weighted by Gasteiger charge is 2.24. The van der Waals surface area contributed by atoms with E-state index in [4.69, 9.17) is 0 Å². The van der Waals surface area contributed by atoms with E-state index < -0.39 is 0 Å². The fourth-order valence-electron chi connectivity index (χ4n) is 2.86. The molecule has 3 amide bonds. The monoisotopic (exact) mass is 401 g/mol. The van der Waals surface area contributed by atoms with E-state index in [-0.39, 0.29) is 11.9 Å². The van der Waals surface area contributed by atoms with E-state index in [0.717, 1.165) is 22.1 Å². The average Bonchev–Trinajstić information content (AvgIpc) is 3.03. The first-order valence-corrected chi connectivity index (χ1v) is 9.00. The number of anilines is 2. The molecule has 0 saturated carbocycles. The molecule has 0 atom stereocenters. The zero-order valence-corrected chi connectivity index (χ0v) is 15.6. The molecule has 2 aromatic rings. The zero-order chi connectivity index (χ0) is 17.8. The van der Waals surface area contributed by atoms with Crippen molar-refractivity contribution in [2.45, 2.75) is 19.4 Å². The van der Waals surface area contributed by atoms with Crippen molar-refractivity contribution in [1.29, 1.82) is 0 Å². The summed E-state index contributed by atoms with van der Waals surface area (Å²) in [5, 5.41) is 2.92. The summed E-state index contributed by atoms with van der Waals surface area (Å²) in [4.78, 5) is 27.9. The molecular weight excluding hydrogens is 382 g/mol. The average molecular weight is 402 g/mol. The molecule has 1 saturated heterocycles. The van der Waals surface area contributed by atoms with Crippen molar-refractivity contribution in [3.8, 4) is 0 Å². The third-order valence-corrected chi connectivity index (χ3v) is 4.72. The van der Waals surface area contributed by atoms with Crippen molar-refractivity contribution in [1.82, 2.24) is 4.90 Å². The van der Waals surface area contributed by atoms with Crippen LogP contribution in [-0.2, 0) is 11.3 Å².